The highest BCUT2D eigenvalue weighted by atomic mass is 16.6. The first kappa shape index (κ1) is 19.7. The lowest BCUT2D eigenvalue weighted by Crippen LogP contribution is -2.41. The molecular weight excluding hydrogens is 356 g/mol. The molecule has 0 bridgehead atoms. The number of likely N-dealkylation sites (N-methyl/N-ethyl adjacent to an activating group) is 1. The van der Waals surface area contributed by atoms with Crippen LogP contribution in [0.1, 0.15) is 31.1 Å². The van der Waals surface area contributed by atoms with Crippen molar-refractivity contribution in [3.63, 3.8) is 0 Å². The number of carbonyl (C=O) groups excluding carboxylic acids is 2. The molecule has 6 heteroatoms. The Morgan fingerprint density at radius 2 is 1.82 bits per heavy atom. The second-order valence-corrected chi connectivity index (χ2v) is 7.97. The van der Waals surface area contributed by atoms with E-state index in [0.717, 1.165) is 5.75 Å². The fraction of sp³-hybridized carbons (Fsp3) is 0.364. The first-order valence-electron chi connectivity index (χ1n) is 9.29. The number of anilines is 1. The highest BCUT2D eigenvalue weighted by molar-refractivity contribution is 5.98. The minimum absolute atomic E-state index is 0.100. The maximum atomic E-state index is 12.8. The molecule has 1 atom stereocenters. The van der Waals surface area contributed by atoms with Gasteiger partial charge in [0.05, 0.1) is 6.54 Å². The molecule has 0 aromatic heterocycles. The predicted octanol–water partition coefficient (Wildman–Crippen LogP) is 3.58. The van der Waals surface area contributed by atoms with Crippen molar-refractivity contribution in [2.24, 2.45) is 5.41 Å². The summed E-state index contributed by atoms with van der Waals surface area (Å²) in [5, 5.41) is 2.85. The molecule has 0 fully saturated rings. The summed E-state index contributed by atoms with van der Waals surface area (Å²) in [6, 6.07) is 14.4. The molecular formula is C22H26N2O4. The molecule has 3 rings (SSSR count). The summed E-state index contributed by atoms with van der Waals surface area (Å²) in [6.45, 7) is 6.31. The van der Waals surface area contributed by atoms with Gasteiger partial charge in [-0.3, -0.25) is 9.59 Å². The van der Waals surface area contributed by atoms with Crippen molar-refractivity contribution in [3.05, 3.63) is 54.1 Å². The lowest BCUT2D eigenvalue weighted by Gasteiger charge is -2.29. The lowest BCUT2D eigenvalue weighted by molar-refractivity contribution is -0.123. The number of nitrogens with zero attached hydrogens (tertiary/aromatic N) is 1. The summed E-state index contributed by atoms with van der Waals surface area (Å²) in [5.74, 6) is 1.16. The van der Waals surface area contributed by atoms with Crippen LogP contribution in [0.5, 0.6) is 11.5 Å². The van der Waals surface area contributed by atoms with E-state index in [2.05, 4.69) is 5.32 Å². The van der Waals surface area contributed by atoms with E-state index in [4.69, 9.17) is 9.47 Å². The average molecular weight is 382 g/mol. The maximum Gasteiger partial charge on any atom is 0.253 e. The Hall–Kier alpha value is -3.02. The van der Waals surface area contributed by atoms with Gasteiger partial charge in [-0.2, -0.15) is 0 Å². The average Bonchev–Trinajstić information content (AvgIpc) is 2.66. The monoisotopic (exact) mass is 382 g/mol. The van der Waals surface area contributed by atoms with Crippen LogP contribution < -0.4 is 14.8 Å². The number of carbonyl (C=O) groups is 2. The molecule has 28 heavy (non-hydrogen) atoms. The number of rotatable bonds is 4. The molecule has 0 saturated heterocycles. The van der Waals surface area contributed by atoms with Gasteiger partial charge in [0.2, 0.25) is 5.91 Å². The Labute approximate surface area is 165 Å². The van der Waals surface area contributed by atoms with Crippen LogP contribution in [-0.4, -0.2) is 43.0 Å². The maximum absolute atomic E-state index is 12.8. The van der Waals surface area contributed by atoms with Gasteiger partial charge in [-0.25, -0.2) is 0 Å². The summed E-state index contributed by atoms with van der Waals surface area (Å²) in [5.41, 5.74) is 0.600. The van der Waals surface area contributed by atoms with Crippen LogP contribution in [0.3, 0.4) is 0 Å². The van der Waals surface area contributed by atoms with Gasteiger partial charge in [-0.15, -0.1) is 0 Å². The number of nitrogens with one attached hydrogen (secondary N) is 1. The standard InChI is InChI=1S/C22H26N2O4/c1-22(2,3)21(26)23-16-9-7-8-15(12-16)20(25)24(4)13-17-14-27-18-10-5-6-11-19(18)28-17/h5-12,17H,13-14H2,1-4H3,(H,23,26)/t17-/m0/s1. The molecule has 0 spiro atoms. The zero-order valence-corrected chi connectivity index (χ0v) is 16.7. The molecule has 1 N–H and O–H groups in total. The van der Waals surface area contributed by atoms with Crippen molar-refractivity contribution < 1.29 is 19.1 Å². The smallest absolute Gasteiger partial charge is 0.253 e. The number of fused-ring (bicyclic) bond motifs is 1. The second kappa shape index (κ2) is 7.92. The summed E-state index contributed by atoms with van der Waals surface area (Å²) >= 11 is 0. The molecule has 2 aromatic rings. The first-order valence-corrected chi connectivity index (χ1v) is 9.29. The van der Waals surface area contributed by atoms with E-state index < -0.39 is 5.41 Å². The molecule has 2 amide bonds. The van der Waals surface area contributed by atoms with E-state index in [9.17, 15) is 9.59 Å². The van der Waals surface area contributed by atoms with Gasteiger partial charge in [0.15, 0.2) is 17.6 Å². The summed E-state index contributed by atoms with van der Waals surface area (Å²) < 4.78 is 11.6. The fourth-order valence-corrected chi connectivity index (χ4v) is 2.81. The molecule has 0 radical (unpaired) electrons. The Balaban J connectivity index is 1.64. The fourth-order valence-electron chi connectivity index (χ4n) is 2.81. The van der Waals surface area contributed by atoms with Gasteiger partial charge in [-0.1, -0.05) is 39.0 Å². The summed E-state index contributed by atoms with van der Waals surface area (Å²) in [7, 11) is 1.73. The molecule has 0 unspecified atom stereocenters. The molecule has 1 aliphatic heterocycles. The second-order valence-electron chi connectivity index (χ2n) is 7.97. The van der Waals surface area contributed by atoms with Gasteiger partial charge >= 0.3 is 0 Å². The zero-order chi connectivity index (χ0) is 20.3. The van der Waals surface area contributed by atoms with E-state index in [-0.39, 0.29) is 17.9 Å². The van der Waals surface area contributed by atoms with Crippen molar-refractivity contribution in [3.8, 4) is 11.5 Å². The minimum atomic E-state index is -0.509. The van der Waals surface area contributed by atoms with Crippen molar-refractivity contribution in [2.75, 3.05) is 25.5 Å². The van der Waals surface area contributed by atoms with Gasteiger partial charge < -0.3 is 19.7 Å². The van der Waals surface area contributed by atoms with Crippen molar-refractivity contribution in [1.82, 2.24) is 4.90 Å². The van der Waals surface area contributed by atoms with Crippen LogP contribution in [0, 0.1) is 5.41 Å². The largest absolute Gasteiger partial charge is 0.486 e. The van der Waals surface area contributed by atoms with Crippen LogP contribution in [0.25, 0.3) is 0 Å². The lowest BCUT2D eigenvalue weighted by atomic mass is 9.95. The molecule has 1 aliphatic rings. The highest BCUT2D eigenvalue weighted by Gasteiger charge is 2.25. The number of hydrogen-bond acceptors (Lipinski definition) is 4. The van der Waals surface area contributed by atoms with Crippen molar-refractivity contribution >= 4 is 17.5 Å². The van der Waals surface area contributed by atoms with Gasteiger partial charge in [-0.05, 0) is 30.3 Å². The quantitative estimate of drug-likeness (QED) is 0.878. The van der Waals surface area contributed by atoms with Crippen molar-refractivity contribution in [1.29, 1.82) is 0 Å². The number of benzene rings is 2. The van der Waals surface area contributed by atoms with Crippen LogP contribution in [0.4, 0.5) is 5.69 Å². The number of ether oxygens (including phenoxy) is 2. The number of amides is 2. The normalized spacial score (nSPS) is 15.6. The van der Waals surface area contributed by atoms with E-state index >= 15 is 0 Å². The van der Waals surface area contributed by atoms with Crippen LogP contribution >= 0.6 is 0 Å². The van der Waals surface area contributed by atoms with Crippen molar-refractivity contribution in [2.45, 2.75) is 26.9 Å². The molecule has 148 valence electrons. The third-order valence-electron chi connectivity index (χ3n) is 4.44. The van der Waals surface area contributed by atoms with Gasteiger partial charge in [0, 0.05) is 23.7 Å². The first-order chi connectivity index (χ1) is 13.2. The SMILES string of the molecule is CN(C[C@H]1COc2ccccc2O1)C(=O)c1cccc(NC(=O)C(C)(C)C)c1. The molecule has 0 aliphatic carbocycles. The third-order valence-corrected chi connectivity index (χ3v) is 4.44. The predicted molar refractivity (Wildman–Crippen MR) is 108 cm³/mol. The van der Waals surface area contributed by atoms with Gasteiger partial charge in [0.1, 0.15) is 6.61 Å². The van der Waals surface area contributed by atoms with E-state index in [1.165, 1.54) is 0 Å². The third kappa shape index (κ3) is 4.63. The Kier molecular flexibility index (Phi) is 5.58. The number of para-hydroxylation sites is 2. The van der Waals surface area contributed by atoms with E-state index in [0.29, 0.717) is 30.2 Å². The molecule has 2 aromatic carbocycles. The van der Waals surface area contributed by atoms with Crippen LogP contribution in [0.15, 0.2) is 48.5 Å². The molecule has 6 nitrogen and oxygen atoms in total. The van der Waals surface area contributed by atoms with E-state index in [1.807, 2.05) is 45.0 Å². The molecule has 1 heterocycles. The highest BCUT2D eigenvalue weighted by Crippen LogP contribution is 2.31. The summed E-state index contributed by atoms with van der Waals surface area (Å²) in [6.07, 6.45) is -0.243. The van der Waals surface area contributed by atoms with E-state index in [1.54, 1.807) is 36.2 Å². The van der Waals surface area contributed by atoms with Gasteiger partial charge in [0.25, 0.3) is 5.91 Å². The Bertz CT molecular complexity index is 873. The van der Waals surface area contributed by atoms with Crippen LogP contribution in [-0.2, 0) is 4.79 Å². The Morgan fingerprint density at radius 1 is 1.11 bits per heavy atom. The minimum Gasteiger partial charge on any atom is -0.486 e. The Morgan fingerprint density at radius 3 is 2.54 bits per heavy atom. The number of hydrogen-bond donors (Lipinski definition) is 1. The molecule has 0 saturated carbocycles. The zero-order valence-electron chi connectivity index (χ0n) is 16.7. The topological polar surface area (TPSA) is 67.9 Å². The van der Waals surface area contributed by atoms with Crippen LogP contribution in [0.2, 0.25) is 0 Å². The summed E-state index contributed by atoms with van der Waals surface area (Å²) in [4.78, 5) is 26.6.